The molecule has 0 aromatic carbocycles. The third-order valence-electron chi connectivity index (χ3n) is 3.27. The van der Waals surface area contributed by atoms with Crippen LogP contribution >= 0.6 is 0 Å². The molecule has 0 bridgehead atoms. The van der Waals surface area contributed by atoms with Gasteiger partial charge in [-0.2, -0.15) is 5.26 Å². The molecular formula is C13H18N4O. The van der Waals surface area contributed by atoms with Crippen molar-refractivity contribution >= 4 is 0 Å². The molecular weight excluding hydrogens is 228 g/mol. The van der Waals surface area contributed by atoms with Gasteiger partial charge < -0.3 is 5.11 Å². The average molecular weight is 246 g/mol. The number of aliphatic hydroxyl groups is 1. The molecule has 5 heteroatoms. The minimum absolute atomic E-state index is 0.223. The Bertz CT molecular complexity index is 421. The van der Waals surface area contributed by atoms with Crippen LogP contribution < -0.4 is 0 Å². The summed E-state index contributed by atoms with van der Waals surface area (Å²) in [4.78, 5) is 8.66. The summed E-state index contributed by atoms with van der Waals surface area (Å²) in [5.41, 5.74) is 1.52. The number of nitrogens with zero attached hydrogens (tertiary/aromatic N) is 4. The van der Waals surface area contributed by atoms with Crippen molar-refractivity contribution < 1.29 is 5.11 Å². The summed E-state index contributed by atoms with van der Waals surface area (Å²) in [6.45, 7) is 5.65. The highest BCUT2D eigenvalue weighted by Crippen LogP contribution is 2.10. The van der Waals surface area contributed by atoms with Gasteiger partial charge in [-0.1, -0.05) is 6.07 Å². The SMILES string of the molecule is N#Cc1ncccc1CN1CCN(CCO)CC1. The Labute approximate surface area is 107 Å². The Hall–Kier alpha value is -1.48. The summed E-state index contributed by atoms with van der Waals surface area (Å²) < 4.78 is 0. The molecule has 0 spiro atoms. The van der Waals surface area contributed by atoms with Crippen molar-refractivity contribution in [3.63, 3.8) is 0 Å². The van der Waals surface area contributed by atoms with E-state index >= 15 is 0 Å². The van der Waals surface area contributed by atoms with E-state index in [0.717, 1.165) is 44.8 Å². The van der Waals surface area contributed by atoms with Gasteiger partial charge >= 0.3 is 0 Å². The second-order valence-corrected chi connectivity index (χ2v) is 4.46. The molecule has 2 rings (SSSR count). The van der Waals surface area contributed by atoms with Gasteiger partial charge in [0.15, 0.2) is 0 Å². The molecule has 1 aliphatic heterocycles. The standard InChI is InChI=1S/C13H18N4O/c14-10-13-12(2-1-3-15-13)11-17-6-4-16(5-7-17)8-9-18/h1-3,18H,4-9,11H2. The third-order valence-corrected chi connectivity index (χ3v) is 3.27. The first-order valence-corrected chi connectivity index (χ1v) is 6.23. The molecule has 96 valence electrons. The van der Waals surface area contributed by atoms with Gasteiger partial charge in [-0.3, -0.25) is 9.80 Å². The maximum absolute atomic E-state index is 8.99. The second kappa shape index (κ2) is 6.45. The van der Waals surface area contributed by atoms with Crippen LogP contribution in [-0.4, -0.2) is 59.2 Å². The molecule has 1 aliphatic rings. The van der Waals surface area contributed by atoms with E-state index in [2.05, 4.69) is 20.9 Å². The Morgan fingerprint density at radius 3 is 2.67 bits per heavy atom. The van der Waals surface area contributed by atoms with Crippen molar-refractivity contribution in [2.24, 2.45) is 0 Å². The highest BCUT2D eigenvalue weighted by molar-refractivity contribution is 5.30. The number of piperazine rings is 1. The lowest BCUT2D eigenvalue weighted by molar-refractivity contribution is 0.108. The monoisotopic (exact) mass is 246 g/mol. The summed E-state index contributed by atoms with van der Waals surface area (Å²) in [6.07, 6.45) is 1.65. The number of pyridine rings is 1. The van der Waals surface area contributed by atoms with Crippen LogP contribution in [0, 0.1) is 11.3 Å². The lowest BCUT2D eigenvalue weighted by Gasteiger charge is -2.34. The van der Waals surface area contributed by atoms with Crippen molar-refractivity contribution in [3.05, 3.63) is 29.6 Å². The van der Waals surface area contributed by atoms with Crippen molar-refractivity contribution in [3.8, 4) is 6.07 Å². The lowest BCUT2D eigenvalue weighted by Crippen LogP contribution is -2.46. The smallest absolute Gasteiger partial charge is 0.144 e. The number of β-amino-alcohol motifs (C(OH)–C–C–N with tert-alkyl or cyclic N) is 1. The number of hydrogen-bond donors (Lipinski definition) is 1. The molecule has 5 nitrogen and oxygen atoms in total. The van der Waals surface area contributed by atoms with Gasteiger partial charge in [0.2, 0.25) is 0 Å². The fraction of sp³-hybridized carbons (Fsp3) is 0.538. The van der Waals surface area contributed by atoms with E-state index in [1.165, 1.54) is 0 Å². The van der Waals surface area contributed by atoms with Crippen LogP contribution in [0.4, 0.5) is 0 Å². The number of aliphatic hydroxyl groups excluding tert-OH is 1. The molecule has 18 heavy (non-hydrogen) atoms. The van der Waals surface area contributed by atoms with Crippen molar-refractivity contribution in [1.29, 1.82) is 5.26 Å². The zero-order valence-electron chi connectivity index (χ0n) is 10.4. The minimum Gasteiger partial charge on any atom is -0.395 e. The van der Waals surface area contributed by atoms with Crippen LogP contribution in [0.2, 0.25) is 0 Å². The zero-order chi connectivity index (χ0) is 12.8. The van der Waals surface area contributed by atoms with Crippen LogP contribution in [0.25, 0.3) is 0 Å². The fourth-order valence-electron chi connectivity index (χ4n) is 2.22. The molecule has 0 saturated carbocycles. The average Bonchev–Trinajstić information content (AvgIpc) is 2.42. The van der Waals surface area contributed by atoms with Crippen LogP contribution in [0.1, 0.15) is 11.3 Å². The molecule has 1 saturated heterocycles. The van der Waals surface area contributed by atoms with Crippen LogP contribution in [-0.2, 0) is 6.54 Å². The quantitative estimate of drug-likeness (QED) is 0.814. The third kappa shape index (κ3) is 3.26. The number of hydrogen-bond acceptors (Lipinski definition) is 5. The molecule has 1 aromatic heterocycles. The van der Waals surface area contributed by atoms with E-state index in [9.17, 15) is 0 Å². The Balaban J connectivity index is 1.90. The molecule has 0 unspecified atom stereocenters. The normalized spacial score (nSPS) is 17.6. The van der Waals surface area contributed by atoms with E-state index in [0.29, 0.717) is 5.69 Å². The maximum atomic E-state index is 8.99. The van der Waals surface area contributed by atoms with E-state index in [4.69, 9.17) is 10.4 Å². The van der Waals surface area contributed by atoms with Gasteiger partial charge in [0.05, 0.1) is 6.61 Å². The second-order valence-electron chi connectivity index (χ2n) is 4.46. The highest BCUT2D eigenvalue weighted by Gasteiger charge is 2.17. The first-order valence-electron chi connectivity index (χ1n) is 6.23. The van der Waals surface area contributed by atoms with E-state index < -0.39 is 0 Å². The van der Waals surface area contributed by atoms with Crippen LogP contribution in [0.3, 0.4) is 0 Å². The van der Waals surface area contributed by atoms with Gasteiger partial charge in [-0.15, -0.1) is 0 Å². The molecule has 1 fully saturated rings. The maximum Gasteiger partial charge on any atom is 0.144 e. The first-order chi connectivity index (χ1) is 8.83. The molecule has 0 radical (unpaired) electrons. The summed E-state index contributed by atoms with van der Waals surface area (Å²) in [6, 6.07) is 5.97. The molecule has 0 aliphatic carbocycles. The number of aromatic nitrogens is 1. The summed E-state index contributed by atoms with van der Waals surface area (Å²) in [7, 11) is 0. The van der Waals surface area contributed by atoms with Crippen molar-refractivity contribution in [2.45, 2.75) is 6.54 Å². The lowest BCUT2D eigenvalue weighted by atomic mass is 10.1. The largest absolute Gasteiger partial charge is 0.395 e. The minimum atomic E-state index is 0.223. The van der Waals surface area contributed by atoms with E-state index in [1.807, 2.05) is 12.1 Å². The number of rotatable bonds is 4. The summed E-state index contributed by atoms with van der Waals surface area (Å²) in [5.74, 6) is 0. The highest BCUT2D eigenvalue weighted by atomic mass is 16.3. The molecule has 2 heterocycles. The molecule has 1 N–H and O–H groups in total. The van der Waals surface area contributed by atoms with Gasteiger partial charge in [0.1, 0.15) is 11.8 Å². The predicted octanol–water partition coefficient (Wildman–Crippen LogP) is 0.0632. The van der Waals surface area contributed by atoms with Crippen molar-refractivity contribution in [1.82, 2.24) is 14.8 Å². The number of nitriles is 1. The topological polar surface area (TPSA) is 63.4 Å². The van der Waals surface area contributed by atoms with Gasteiger partial charge in [-0.05, 0) is 6.07 Å². The van der Waals surface area contributed by atoms with Crippen LogP contribution in [0.15, 0.2) is 18.3 Å². The van der Waals surface area contributed by atoms with E-state index in [-0.39, 0.29) is 6.61 Å². The Kier molecular flexibility index (Phi) is 4.65. The van der Waals surface area contributed by atoms with Crippen LogP contribution in [0.5, 0.6) is 0 Å². The molecule has 1 aromatic rings. The molecule has 0 amide bonds. The van der Waals surface area contributed by atoms with Gasteiger partial charge in [0, 0.05) is 51.0 Å². The predicted molar refractivity (Wildman–Crippen MR) is 67.8 cm³/mol. The Morgan fingerprint density at radius 2 is 2.00 bits per heavy atom. The Morgan fingerprint density at radius 1 is 1.28 bits per heavy atom. The van der Waals surface area contributed by atoms with E-state index in [1.54, 1.807) is 6.20 Å². The first kappa shape index (κ1) is 13.0. The van der Waals surface area contributed by atoms with Crippen molar-refractivity contribution in [2.75, 3.05) is 39.3 Å². The van der Waals surface area contributed by atoms with Gasteiger partial charge in [-0.25, -0.2) is 4.98 Å². The molecule has 0 atom stereocenters. The van der Waals surface area contributed by atoms with Gasteiger partial charge in [0.25, 0.3) is 0 Å². The zero-order valence-corrected chi connectivity index (χ0v) is 10.4. The fourth-order valence-corrected chi connectivity index (χ4v) is 2.22. The summed E-state index contributed by atoms with van der Waals surface area (Å²) in [5, 5.41) is 17.9. The summed E-state index contributed by atoms with van der Waals surface area (Å²) >= 11 is 0.